The molecule has 0 radical (unpaired) electrons. The Hall–Kier alpha value is -1.52. The van der Waals surface area contributed by atoms with Crippen molar-refractivity contribution in [2.24, 2.45) is 0 Å². The highest BCUT2D eigenvalue weighted by Gasteiger charge is 2.09. The molecule has 0 unspecified atom stereocenters. The maximum Gasteiger partial charge on any atom is 0.118 e. The molecule has 102 valence electrons. The van der Waals surface area contributed by atoms with E-state index in [4.69, 9.17) is 16.3 Å². The number of rotatable bonds is 3. The van der Waals surface area contributed by atoms with Crippen LogP contribution in [0.5, 0.6) is 5.75 Å². The minimum atomic E-state index is 0.654. The van der Waals surface area contributed by atoms with E-state index in [1.165, 1.54) is 5.56 Å². The minimum Gasteiger partial charge on any atom is -0.497 e. The van der Waals surface area contributed by atoms with Crippen molar-refractivity contribution in [3.05, 3.63) is 57.9 Å². The molecule has 3 aromatic rings. The van der Waals surface area contributed by atoms with E-state index in [2.05, 4.69) is 37.6 Å². The van der Waals surface area contributed by atoms with Crippen molar-refractivity contribution in [2.75, 3.05) is 7.11 Å². The van der Waals surface area contributed by atoms with Crippen LogP contribution >= 0.6 is 27.5 Å². The van der Waals surface area contributed by atoms with Gasteiger partial charge in [-0.05, 0) is 39.7 Å². The van der Waals surface area contributed by atoms with Gasteiger partial charge in [0.15, 0.2) is 0 Å². The molecule has 0 fully saturated rings. The molecule has 0 bridgehead atoms. The van der Waals surface area contributed by atoms with E-state index in [-0.39, 0.29) is 0 Å². The zero-order valence-electron chi connectivity index (χ0n) is 10.8. The van der Waals surface area contributed by atoms with Crippen LogP contribution in [0.25, 0.3) is 10.9 Å². The monoisotopic (exact) mass is 350 g/mol. The number of hydrogen-bond donors (Lipinski definition) is 0. The Morgan fingerprint density at radius 3 is 2.70 bits per heavy atom. The summed E-state index contributed by atoms with van der Waals surface area (Å²) in [5.41, 5.74) is 2.18. The van der Waals surface area contributed by atoms with Crippen molar-refractivity contribution < 1.29 is 4.74 Å². The molecule has 0 saturated carbocycles. The Balaban J connectivity index is 2.00. The number of halogens is 2. The number of aromatic nitrogens is 2. The van der Waals surface area contributed by atoms with Gasteiger partial charge in [-0.15, -0.1) is 0 Å². The molecule has 0 aliphatic carbocycles. The lowest BCUT2D eigenvalue weighted by atomic mass is 10.2. The average molecular weight is 352 g/mol. The highest BCUT2D eigenvalue weighted by molar-refractivity contribution is 9.10. The lowest BCUT2D eigenvalue weighted by Gasteiger charge is -2.08. The molecule has 1 aromatic carbocycles. The lowest BCUT2D eigenvalue weighted by Crippen LogP contribution is -1.98. The van der Waals surface area contributed by atoms with Gasteiger partial charge in [-0.1, -0.05) is 23.7 Å². The van der Waals surface area contributed by atoms with Crippen LogP contribution in [-0.4, -0.2) is 16.7 Å². The van der Waals surface area contributed by atoms with Crippen molar-refractivity contribution in [3.63, 3.8) is 0 Å². The maximum atomic E-state index is 6.27. The highest BCUT2D eigenvalue weighted by Crippen LogP contribution is 2.29. The quantitative estimate of drug-likeness (QED) is 0.649. The smallest absolute Gasteiger partial charge is 0.118 e. The number of ether oxygens (including phenoxy) is 1. The molecule has 0 saturated heterocycles. The zero-order chi connectivity index (χ0) is 14.1. The number of benzene rings is 1. The summed E-state index contributed by atoms with van der Waals surface area (Å²) in [4.78, 5) is 4.20. The van der Waals surface area contributed by atoms with Crippen molar-refractivity contribution in [2.45, 2.75) is 6.54 Å². The van der Waals surface area contributed by atoms with Crippen LogP contribution in [0.15, 0.2) is 47.3 Å². The van der Waals surface area contributed by atoms with Gasteiger partial charge in [0.2, 0.25) is 0 Å². The third kappa shape index (κ3) is 2.41. The van der Waals surface area contributed by atoms with E-state index >= 15 is 0 Å². The van der Waals surface area contributed by atoms with Gasteiger partial charge in [-0.25, -0.2) is 4.98 Å². The second kappa shape index (κ2) is 5.46. The summed E-state index contributed by atoms with van der Waals surface area (Å²) < 4.78 is 8.09. The van der Waals surface area contributed by atoms with Crippen molar-refractivity contribution >= 4 is 38.4 Å². The Morgan fingerprint density at radius 1 is 1.25 bits per heavy atom. The minimum absolute atomic E-state index is 0.654. The van der Waals surface area contributed by atoms with Gasteiger partial charge >= 0.3 is 0 Å². The van der Waals surface area contributed by atoms with E-state index < -0.39 is 0 Å². The third-order valence-corrected chi connectivity index (χ3v) is 4.12. The molecule has 0 aliphatic heterocycles. The van der Waals surface area contributed by atoms with Gasteiger partial charge in [0.05, 0.1) is 17.6 Å². The second-order valence-electron chi connectivity index (χ2n) is 4.45. The molecule has 3 rings (SSSR count). The normalized spacial score (nSPS) is 10.9. The molecule has 0 aliphatic rings. The van der Waals surface area contributed by atoms with Gasteiger partial charge in [-0.3, -0.25) is 0 Å². The van der Waals surface area contributed by atoms with Crippen LogP contribution in [0.2, 0.25) is 5.02 Å². The molecule has 0 spiro atoms. The maximum absolute atomic E-state index is 6.27. The molecule has 5 heteroatoms. The summed E-state index contributed by atoms with van der Waals surface area (Å²) in [6, 6.07) is 10.0. The standard InChI is InChI=1S/C15H12BrClN2O/c1-20-11-4-2-10(3-5-11)9-19-7-6-12-14(19)13(17)8-18-15(12)16/h2-8H,9H2,1H3. The SMILES string of the molecule is COc1ccc(Cn2ccc3c(Br)ncc(Cl)c32)cc1. The van der Waals surface area contributed by atoms with E-state index in [1.807, 2.05) is 24.4 Å². The van der Waals surface area contributed by atoms with Crippen molar-refractivity contribution in [1.29, 1.82) is 0 Å². The lowest BCUT2D eigenvalue weighted by molar-refractivity contribution is 0.414. The van der Waals surface area contributed by atoms with Gasteiger partial charge in [0.25, 0.3) is 0 Å². The predicted octanol–water partition coefficient (Wildman–Crippen LogP) is 4.51. The van der Waals surface area contributed by atoms with Gasteiger partial charge < -0.3 is 9.30 Å². The summed E-state index contributed by atoms with van der Waals surface area (Å²) in [6.07, 6.45) is 3.69. The molecule has 3 nitrogen and oxygen atoms in total. The van der Waals surface area contributed by atoms with Crippen LogP contribution in [0.4, 0.5) is 0 Å². The largest absolute Gasteiger partial charge is 0.497 e. The van der Waals surface area contributed by atoms with Crippen molar-refractivity contribution in [3.8, 4) is 5.75 Å². The fourth-order valence-corrected chi connectivity index (χ4v) is 2.89. The number of methoxy groups -OCH3 is 1. The third-order valence-electron chi connectivity index (χ3n) is 3.22. The molecular weight excluding hydrogens is 340 g/mol. The molecule has 0 amide bonds. The highest BCUT2D eigenvalue weighted by atomic mass is 79.9. The van der Waals surface area contributed by atoms with Crippen LogP contribution in [0.3, 0.4) is 0 Å². The first-order valence-electron chi connectivity index (χ1n) is 6.11. The second-order valence-corrected chi connectivity index (χ2v) is 5.61. The topological polar surface area (TPSA) is 27.1 Å². The molecule has 0 N–H and O–H groups in total. The number of fused-ring (bicyclic) bond motifs is 1. The molecule has 2 heterocycles. The van der Waals surface area contributed by atoms with Gasteiger partial charge in [0.1, 0.15) is 10.4 Å². The predicted molar refractivity (Wildman–Crippen MR) is 84.5 cm³/mol. The van der Waals surface area contributed by atoms with E-state index in [9.17, 15) is 0 Å². The van der Waals surface area contributed by atoms with Crippen LogP contribution in [0, 0.1) is 0 Å². The Kier molecular flexibility index (Phi) is 3.68. The number of hydrogen-bond acceptors (Lipinski definition) is 2. The van der Waals surface area contributed by atoms with Crippen molar-refractivity contribution in [1.82, 2.24) is 9.55 Å². The molecule has 0 atom stereocenters. The first-order chi connectivity index (χ1) is 9.69. The Bertz CT molecular complexity index is 752. The molecule has 2 aromatic heterocycles. The summed E-state index contributed by atoms with van der Waals surface area (Å²) in [7, 11) is 1.67. The first kappa shape index (κ1) is 13.5. The van der Waals surface area contributed by atoms with Crippen LogP contribution in [0.1, 0.15) is 5.56 Å². The first-order valence-corrected chi connectivity index (χ1v) is 7.28. The van der Waals surface area contributed by atoms with Crippen LogP contribution in [-0.2, 0) is 6.54 Å². The average Bonchev–Trinajstić information content (AvgIpc) is 2.89. The van der Waals surface area contributed by atoms with Crippen LogP contribution < -0.4 is 4.74 Å². The van der Waals surface area contributed by atoms with Gasteiger partial charge in [0, 0.05) is 24.3 Å². The fourth-order valence-electron chi connectivity index (χ4n) is 2.21. The van der Waals surface area contributed by atoms with Gasteiger partial charge in [-0.2, -0.15) is 0 Å². The van der Waals surface area contributed by atoms with E-state index in [0.717, 1.165) is 27.8 Å². The zero-order valence-corrected chi connectivity index (χ0v) is 13.1. The number of nitrogens with zero attached hydrogens (tertiary/aromatic N) is 2. The summed E-state index contributed by atoms with van der Waals surface area (Å²) in [6.45, 7) is 0.754. The van der Waals surface area contributed by atoms with E-state index in [0.29, 0.717) is 5.02 Å². The Labute approximate surface area is 130 Å². The number of pyridine rings is 1. The summed E-state index contributed by atoms with van der Waals surface area (Å²) >= 11 is 9.71. The summed E-state index contributed by atoms with van der Waals surface area (Å²) in [5.74, 6) is 0.857. The molecular formula is C15H12BrClN2O. The fraction of sp³-hybridized carbons (Fsp3) is 0.133. The summed E-state index contributed by atoms with van der Waals surface area (Å²) in [5, 5.41) is 1.67. The Morgan fingerprint density at radius 2 is 2.00 bits per heavy atom. The molecule has 20 heavy (non-hydrogen) atoms. The van der Waals surface area contributed by atoms with E-state index in [1.54, 1.807) is 13.3 Å².